The van der Waals surface area contributed by atoms with Gasteiger partial charge in [0.15, 0.2) is 0 Å². The lowest BCUT2D eigenvalue weighted by atomic mass is 10.00. The number of hydrogen-bond donors (Lipinski definition) is 1. The molecule has 0 amide bonds. The van der Waals surface area contributed by atoms with Crippen molar-refractivity contribution in [1.29, 1.82) is 0 Å². The fourth-order valence-electron chi connectivity index (χ4n) is 2.39. The summed E-state index contributed by atoms with van der Waals surface area (Å²) >= 11 is 5.84. The molecule has 0 aliphatic carbocycles. The lowest BCUT2D eigenvalue weighted by Crippen LogP contribution is -2.39. The predicted octanol–water partition coefficient (Wildman–Crippen LogP) is 2.10. The molecule has 4 nitrogen and oxygen atoms in total. The zero-order valence-electron chi connectivity index (χ0n) is 11.3. The van der Waals surface area contributed by atoms with Crippen molar-refractivity contribution in [2.75, 3.05) is 26.7 Å². The normalized spacial score (nSPS) is 20.3. The Labute approximate surface area is 124 Å². The van der Waals surface area contributed by atoms with Crippen LogP contribution >= 0.6 is 11.6 Å². The van der Waals surface area contributed by atoms with Crippen LogP contribution in [0.15, 0.2) is 23.1 Å². The maximum Gasteiger partial charge on any atom is 0.244 e. The molecule has 1 aromatic carbocycles. The number of halogens is 2. The van der Waals surface area contributed by atoms with Crippen LogP contribution in [0.5, 0.6) is 0 Å². The fourth-order valence-corrected chi connectivity index (χ4v) is 4.14. The Kier molecular flexibility index (Phi) is 5.01. The number of sulfonamides is 1. The minimum atomic E-state index is -3.68. The minimum Gasteiger partial charge on any atom is -0.316 e. The third-order valence-electron chi connectivity index (χ3n) is 3.50. The highest BCUT2D eigenvalue weighted by Crippen LogP contribution is 2.25. The molecule has 0 radical (unpaired) electrons. The number of nitrogens with zero attached hydrogens (tertiary/aromatic N) is 1. The molecule has 0 saturated carbocycles. The molecule has 1 unspecified atom stereocenters. The van der Waals surface area contributed by atoms with Crippen molar-refractivity contribution in [2.45, 2.75) is 17.7 Å². The zero-order chi connectivity index (χ0) is 14.8. The third-order valence-corrected chi connectivity index (χ3v) is 5.80. The van der Waals surface area contributed by atoms with E-state index in [0.717, 1.165) is 38.1 Å². The minimum absolute atomic E-state index is 0.0492. The van der Waals surface area contributed by atoms with Crippen molar-refractivity contribution in [3.63, 3.8) is 0 Å². The predicted molar refractivity (Wildman–Crippen MR) is 76.8 cm³/mol. The molecule has 0 spiro atoms. The summed E-state index contributed by atoms with van der Waals surface area (Å²) in [4.78, 5) is -0.0492. The lowest BCUT2D eigenvalue weighted by Gasteiger charge is -2.27. The van der Waals surface area contributed by atoms with Gasteiger partial charge in [-0.15, -0.1) is 0 Å². The second kappa shape index (κ2) is 6.39. The monoisotopic (exact) mass is 320 g/mol. The molecule has 1 aliphatic heterocycles. The van der Waals surface area contributed by atoms with Crippen molar-refractivity contribution in [3.8, 4) is 0 Å². The molecule has 1 saturated heterocycles. The molecular weight excluding hydrogens is 303 g/mol. The third kappa shape index (κ3) is 3.49. The average Bonchev–Trinajstić information content (AvgIpc) is 2.39. The molecule has 20 heavy (non-hydrogen) atoms. The van der Waals surface area contributed by atoms with Crippen LogP contribution in [0.25, 0.3) is 0 Å². The van der Waals surface area contributed by atoms with Crippen LogP contribution in [0.3, 0.4) is 0 Å². The van der Waals surface area contributed by atoms with E-state index < -0.39 is 15.8 Å². The lowest BCUT2D eigenvalue weighted by molar-refractivity contribution is 0.315. The molecule has 1 aliphatic rings. The Morgan fingerprint density at radius 1 is 1.50 bits per heavy atom. The van der Waals surface area contributed by atoms with E-state index in [0.29, 0.717) is 12.5 Å². The van der Waals surface area contributed by atoms with Gasteiger partial charge < -0.3 is 5.32 Å². The van der Waals surface area contributed by atoms with Gasteiger partial charge in [0, 0.05) is 13.6 Å². The first-order valence-corrected chi connectivity index (χ1v) is 8.35. The Balaban J connectivity index is 2.16. The van der Waals surface area contributed by atoms with Gasteiger partial charge >= 0.3 is 0 Å². The largest absolute Gasteiger partial charge is 0.316 e. The summed E-state index contributed by atoms with van der Waals surface area (Å²) in [5.41, 5.74) is 0. The van der Waals surface area contributed by atoms with E-state index in [-0.39, 0.29) is 9.92 Å². The maximum absolute atomic E-state index is 13.0. The van der Waals surface area contributed by atoms with Crippen LogP contribution in [-0.2, 0) is 10.0 Å². The van der Waals surface area contributed by atoms with Crippen LogP contribution in [0.1, 0.15) is 12.8 Å². The van der Waals surface area contributed by atoms with Gasteiger partial charge in [-0.25, -0.2) is 17.1 Å². The Bertz CT molecular complexity index is 574. The topological polar surface area (TPSA) is 49.4 Å². The molecule has 1 N–H and O–H groups in total. The van der Waals surface area contributed by atoms with Gasteiger partial charge in [-0.3, -0.25) is 0 Å². The summed E-state index contributed by atoms with van der Waals surface area (Å²) in [5.74, 6) is -0.254. The zero-order valence-corrected chi connectivity index (χ0v) is 12.8. The quantitative estimate of drug-likeness (QED) is 0.924. The van der Waals surface area contributed by atoms with E-state index in [1.165, 1.54) is 17.4 Å². The number of piperidine rings is 1. The SMILES string of the molecule is CN(CC1CCCNC1)S(=O)(=O)c1ccc(F)cc1Cl. The van der Waals surface area contributed by atoms with Crippen molar-refractivity contribution in [3.05, 3.63) is 29.0 Å². The molecule has 2 rings (SSSR count). The highest BCUT2D eigenvalue weighted by molar-refractivity contribution is 7.89. The Morgan fingerprint density at radius 2 is 2.25 bits per heavy atom. The first-order chi connectivity index (χ1) is 9.41. The van der Waals surface area contributed by atoms with Crippen LogP contribution < -0.4 is 5.32 Å². The van der Waals surface area contributed by atoms with Gasteiger partial charge in [-0.1, -0.05) is 11.6 Å². The van der Waals surface area contributed by atoms with E-state index in [9.17, 15) is 12.8 Å². The van der Waals surface area contributed by atoms with Crippen molar-refractivity contribution in [2.24, 2.45) is 5.92 Å². The summed E-state index contributed by atoms with van der Waals surface area (Å²) in [6.07, 6.45) is 2.06. The molecular formula is C13H18ClFN2O2S. The fraction of sp³-hybridized carbons (Fsp3) is 0.538. The van der Waals surface area contributed by atoms with E-state index in [4.69, 9.17) is 11.6 Å². The van der Waals surface area contributed by atoms with Crippen LogP contribution in [0.2, 0.25) is 5.02 Å². The molecule has 0 bridgehead atoms. The van der Waals surface area contributed by atoms with Crippen LogP contribution in [0, 0.1) is 11.7 Å². The number of benzene rings is 1. The molecule has 7 heteroatoms. The van der Waals surface area contributed by atoms with E-state index >= 15 is 0 Å². The van der Waals surface area contributed by atoms with Crippen molar-refractivity contribution >= 4 is 21.6 Å². The molecule has 0 aromatic heterocycles. The number of nitrogens with one attached hydrogen (secondary N) is 1. The Hall–Kier alpha value is -0.690. The molecule has 1 heterocycles. The highest BCUT2D eigenvalue weighted by atomic mass is 35.5. The molecule has 1 atom stereocenters. The summed E-state index contributed by atoms with van der Waals surface area (Å²) < 4.78 is 39.2. The smallest absolute Gasteiger partial charge is 0.244 e. The number of hydrogen-bond acceptors (Lipinski definition) is 3. The molecule has 1 fully saturated rings. The van der Waals surface area contributed by atoms with Gasteiger partial charge in [0.05, 0.1) is 5.02 Å². The van der Waals surface area contributed by atoms with Gasteiger partial charge in [-0.05, 0) is 50.0 Å². The van der Waals surface area contributed by atoms with Crippen LogP contribution in [0.4, 0.5) is 4.39 Å². The molecule has 1 aromatic rings. The van der Waals surface area contributed by atoms with Gasteiger partial charge in [0.1, 0.15) is 10.7 Å². The van der Waals surface area contributed by atoms with Crippen molar-refractivity contribution < 1.29 is 12.8 Å². The summed E-state index contributed by atoms with van der Waals surface area (Å²) in [6.45, 7) is 2.23. The highest BCUT2D eigenvalue weighted by Gasteiger charge is 2.26. The van der Waals surface area contributed by atoms with E-state index in [1.807, 2.05) is 0 Å². The summed E-state index contributed by atoms with van der Waals surface area (Å²) in [7, 11) is -2.15. The summed E-state index contributed by atoms with van der Waals surface area (Å²) in [5, 5.41) is 3.17. The van der Waals surface area contributed by atoms with Gasteiger partial charge in [0.2, 0.25) is 10.0 Å². The van der Waals surface area contributed by atoms with E-state index in [1.54, 1.807) is 0 Å². The maximum atomic E-state index is 13.0. The molecule has 112 valence electrons. The summed E-state index contributed by atoms with van der Waals surface area (Å²) in [6, 6.07) is 3.34. The first-order valence-electron chi connectivity index (χ1n) is 6.53. The second-order valence-electron chi connectivity index (χ2n) is 5.07. The standard InChI is InChI=1S/C13H18ClFN2O2S/c1-17(9-10-3-2-6-16-8-10)20(18,19)13-5-4-11(15)7-12(13)14/h4-5,7,10,16H,2-3,6,8-9H2,1H3. The van der Waals surface area contributed by atoms with Gasteiger partial charge in [-0.2, -0.15) is 0 Å². The van der Waals surface area contributed by atoms with Crippen LogP contribution in [-0.4, -0.2) is 39.4 Å². The first kappa shape index (κ1) is 15.7. The Morgan fingerprint density at radius 3 is 2.85 bits per heavy atom. The second-order valence-corrected chi connectivity index (χ2v) is 7.49. The van der Waals surface area contributed by atoms with Crippen molar-refractivity contribution in [1.82, 2.24) is 9.62 Å². The average molecular weight is 321 g/mol. The van der Waals surface area contributed by atoms with E-state index in [2.05, 4.69) is 5.32 Å². The number of rotatable bonds is 4. The van der Waals surface area contributed by atoms with Gasteiger partial charge in [0.25, 0.3) is 0 Å².